The van der Waals surface area contributed by atoms with Gasteiger partial charge in [0.1, 0.15) is 22.3 Å². The van der Waals surface area contributed by atoms with Gasteiger partial charge < -0.3 is 8.83 Å². The van der Waals surface area contributed by atoms with E-state index in [-0.39, 0.29) is 0 Å². The van der Waals surface area contributed by atoms with E-state index in [0.717, 1.165) is 105 Å². The first kappa shape index (κ1) is 81.8. The van der Waals surface area contributed by atoms with Gasteiger partial charge in [0.2, 0.25) is 0 Å². The van der Waals surface area contributed by atoms with Gasteiger partial charge in [0.15, 0.2) is 52.4 Å². The van der Waals surface area contributed by atoms with Crippen molar-refractivity contribution in [1.82, 2.24) is 44.9 Å². The second-order valence-corrected chi connectivity index (χ2v) is 36.7. The Balaban J connectivity index is 0.000000106. The van der Waals surface area contributed by atoms with Gasteiger partial charge in [-0.1, -0.05) is 376 Å². The third-order valence-electron chi connectivity index (χ3n) is 27.4. The standard InChI is InChI=1S/C45H27N3O.C45H27N3S.C39H23N3O/c2*1-2-10-28(11-3-1)29-18-20-30(21-19-29)43-46-44(48-45(47-43)32-23-25-42-40(27-32)38-16-8-9-17-41(38)49-42)31-22-24-37-35-14-5-4-12-33(35)34-13-6-7-15-36(34)39(37)26-31;1-2-10-24(11-3-1)37-40-38(42-39(41-37)26-19-21-36-34(23-26)32-16-8-9-17-35(32)43-36)25-18-20-31-29-14-5-4-12-27(29)28-13-6-7-15-30(28)33(31)22-25/h2*1-27H;1-23H. The zero-order valence-corrected chi connectivity index (χ0v) is 76.5. The van der Waals surface area contributed by atoms with Crippen LogP contribution < -0.4 is 0 Å². The Kier molecular flexibility index (Phi) is 19.9. The molecule has 29 aromatic rings. The van der Waals surface area contributed by atoms with Crippen molar-refractivity contribution < 1.29 is 8.83 Å². The summed E-state index contributed by atoms with van der Waals surface area (Å²) < 4.78 is 14.7. The molecule has 0 saturated heterocycles. The van der Waals surface area contributed by atoms with Crippen molar-refractivity contribution in [3.05, 3.63) is 467 Å². The maximum absolute atomic E-state index is 6.13. The van der Waals surface area contributed by atoms with Gasteiger partial charge in [-0.15, -0.1) is 11.3 Å². The summed E-state index contributed by atoms with van der Waals surface area (Å²) in [4.78, 5) is 45.8. The number of aromatic nitrogens is 9. The molecule has 0 spiro atoms. The molecule has 6 heterocycles. The molecule has 141 heavy (non-hydrogen) atoms. The number of benzene rings is 23. The molecule has 0 saturated carbocycles. The minimum absolute atomic E-state index is 0.614. The van der Waals surface area contributed by atoms with Gasteiger partial charge in [-0.3, -0.25) is 0 Å². The van der Waals surface area contributed by atoms with Crippen molar-refractivity contribution in [2.75, 3.05) is 0 Å². The molecule has 0 N–H and O–H groups in total. The van der Waals surface area contributed by atoms with Crippen LogP contribution in [-0.2, 0) is 0 Å². The zero-order valence-electron chi connectivity index (χ0n) is 75.7. The van der Waals surface area contributed by atoms with Crippen LogP contribution in [0.2, 0.25) is 0 Å². The molecular formula is C129H77N9O2S. The summed E-state index contributed by atoms with van der Waals surface area (Å²) in [5, 5.41) is 28.7. The van der Waals surface area contributed by atoms with E-state index in [9.17, 15) is 0 Å². The smallest absolute Gasteiger partial charge is 0.164 e. The molecule has 23 aromatic carbocycles. The van der Waals surface area contributed by atoms with Gasteiger partial charge in [0.05, 0.1) is 0 Å². The van der Waals surface area contributed by atoms with E-state index in [2.05, 4.69) is 364 Å². The van der Waals surface area contributed by atoms with E-state index >= 15 is 0 Å². The quantitative estimate of drug-likeness (QED) is 0.114. The first-order valence-corrected chi connectivity index (χ1v) is 48.1. The van der Waals surface area contributed by atoms with Crippen LogP contribution in [-0.4, -0.2) is 44.9 Å². The Hall–Kier alpha value is -18.8. The predicted octanol–water partition coefficient (Wildman–Crippen LogP) is 34.5. The summed E-state index contributed by atoms with van der Waals surface area (Å²) >= 11 is 1.81. The average molecular weight is 1820 g/mol. The Labute approximate surface area is 812 Å². The topological polar surface area (TPSA) is 142 Å². The number of rotatable bonds is 11. The number of hydrogen-bond donors (Lipinski definition) is 0. The molecule has 0 fully saturated rings. The average Bonchev–Trinajstić information content (AvgIpc) is 0.789. The number of para-hydroxylation sites is 2. The monoisotopic (exact) mass is 1820 g/mol. The number of fused-ring (bicyclic) bond motifs is 27. The lowest BCUT2D eigenvalue weighted by Gasteiger charge is -2.13. The molecule has 0 amide bonds. The zero-order chi connectivity index (χ0) is 93.0. The summed E-state index contributed by atoms with van der Waals surface area (Å²) in [5.41, 5.74) is 16.5. The van der Waals surface area contributed by atoms with Crippen LogP contribution in [0.4, 0.5) is 0 Å². The lowest BCUT2D eigenvalue weighted by Crippen LogP contribution is -2.00. The Morgan fingerprint density at radius 3 is 0.617 bits per heavy atom. The fraction of sp³-hybridized carbons (Fsp3) is 0. The highest BCUT2D eigenvalue weighted by Gasteiger charge is 2.23. The fourth-order valence-corrected chi connectivity index (χ4v) is 21.6. The molecule has 0 aliphatic carbocycles. The van der Waals surface area contributed by atoms with E-state index in [4.69, 9.17) is 53.7 Å². The highest BCUT2D eigenvalue weighted by Crippen LogP contribution is 2.45. The van der Waals surface area contributed by atoms with Crippen molar-refractivity contribution in [3.63, 3.8) is 0 Å². The summed E-state index contributed by atoms with van der Waals surface area (Å²) in [6, 6.07) is 163. The van der Waals surface area contributed by atoms with Gasteiger partial charge in [-0.2, -0.15) is 0 Å². The molecule has 12 heteroatoms. The SMILES string of the molecule is c1ccc(-c2ccc(-c3nc(-c4ccc5oc6ccccc6c5c4)nc(-c4ccc5c6ccccc6c6ccccc6c5c4)n3)cc2)cc1.c1ccc(-c2ccc(-c3nc(-c4ccc5sc6ccccc6c5c4)nc(-c4ccc5c6ccccc6c6ccccc6c5c4)n3)cc2)cc1.c1ccc(-c2nc(-c3ccc4oc5ccccc5c4c3)nc(-c3ccc4c5ccccc5c5ccccc5c4c3)n2)cc1. The van der Waals surface area contributed by atoms with Gasteiger partial charge in [0.25, 0.3) is 0 Å². The molecule has 0 atom stereocenters. The Morgan fingerprint density at radius 2 is 0.298 bits per heavy atom. The van der Waals surface area contributed by atoms with E-state index in [0.29, 0.717) is 52.4 Å². The van der Waals surface area contributed by atoms with Crippen molar-refractivity contribution in [2.24, 2.45) is 0 Å². The molecule has 11 nitrogen and oxygen atoms in total. The number of nitrogens with zero attached hydrogens (tertiary/aromatic N) is 9. The molecule has 0 bridgehead atoms. The molecular weight excluding hydrogens is 1740 g/mol. The van der Waals surface area contributed by atoms with Crippen LogP contribution in [0.25, 0.3) is 286 Å². The van der Waals surface area contributed by atoms with Crippen molar-refractivity contribution >= 4 is 172 Å². The molecule has 0 unspecified atom stereocenters. The predicted molar refractivity (Wildman–Crippen MR) is 584 cm³/mol. The summed E-state index contributed by atoms with van der Waals surface area (Å²) in [6.45, 7) is 0. The third kappa shape index (κ3) is 14.7. The van der Waals surface area contributed by atoms with E-state index in [1.165, 1.54) is 128 Å². The van der Waals surface area contributed by atoms with Gasteiger partial charge in [-0.25, -0.2) is 44.9 Å². The van der Waals surface area contributed by atoms with Crippen LogP contribution in [0.3, 0.4) is 0 Å². The van der Waals surface area contributed by atoms with E-state index < -0.39 is 0 Å². The lowest BCUT2D eigenvalue weighted by molar-refractivity contribution is 0.668. The maximum Gasteiger partial charge on any atom is 0.164 e. The van der Waals surface area contributed by atoms with Crippen molar-refractivity contribution in [2.45, 2.75) is 0 Å². The summed E-state index contributed by atoms with van der Waals surface area (Å²) in [6.07, 6.45) is 0. The number of furan rings is 2. The van der Waals surface area contributed by atoms with Crippen molar-refractivity contribution in [1.29, 1.82) is 0 Å². The number of hydrogen-bond acceptors (Lipinski definition) is 12. The molecule has 0 radical (unpaired) electrons. The van der Waals surface area contributed by atoms with Gasteiger partial charge >= 0.3 is 0 Å². The minimum atomic E-state index is 0.614. The maximum atomic E-state index is 6.13. The van der Waals surface area contributed by atoms with Gasteiger partial charge in [-0.05, 0) is 210 Å². The van der Waals surface area contributed by atoms with Crippen LogP contribution in [0.15, 0.2) is 476 Å². The summed E-state index contributed by atoms with van der Waals surface area (Å²) in [5.74, 6) is 5.74. The second-order valence-electron chi connectivity index (χ2n) is 35.7. The Bertz CT molecular complexity index is 9580. The van der Waals surface area contributed by atoms with E-state index in [1.807, 2.05) is 114 Å². The second kappa shape index (κ2) is 34.3. The van der Waals surface area contributed by atoms with Gasteiger partial charge in [0, 0.05) is 91.8 Å². The first-order valence-electron chi connectivity index (χ1n) is 47.2. The fourth-order valence-electron chi connectivity index (χ4n) is 20.5. The lowest BCUT2D eigenvalue weighted by atomic mass is 9.93. The molecule has 29 rings (SSSR count). The number of thiophene rings is 1. The summed E-state index contributed by atoms with van der Waals surface area (Å²) in [7, 11) is 0. The van der Waals surface area contributed by atoms with Crippen LogP contribution in [0.1, 0.15) is 0 Å². The molecule has 6 aromatic heterocycles. The van der Waals surface area contributed by atoms with Crippen LogP contribution >= 0.6 is 11.3 Å². The Morgan fingerprint density at radius 1 is 0.113 bits per heavy atom. The molecule has 0 aliphatic rings. The van der Waals surface area contributed by atoms with E-state index in [1.54, 1.807) is 0 Å². The highest BCUT2D eigenvalue weighted by molar-refractivity contribution is 7.25. The highest BCUT2D eigenvalue weighted by atomic mass is 32.1. The largest absolute Gasteiger partial charge is 0.456 e. The first-order chi connectivity index (χ1) is 69.8. The van der Waals surface area contributed by atoms with Crippen LogP contribution in [0.5, 0.6) is 0 Å². The van der Waals surface area contributed by atoms with Crippen LogP contribution in [0, 0.1) is 0 Å². The third-order valence-corrected chi connectivity index (χ3v) is 28.5. The van der Waals surface area contributed by atoms with Crippen molar-refractivity contribution in [3.8, 4) is 125 Å². The molecule has 0 aliphatic heterocycles. The molecule has 656 valence electrons. The normalized spacial score (nSPS) is 11.7. The minimum Gasteiger partial charge on any atom is -0.456 e.